The third kappa shape index (κ3) is 2.95. The number of hydrogen-bond donors (Lipinski definition) is 1. The van der Waals surface area contributed by atoms with Gasteiger partial charge in [0.2, 0.25) is 0 Å². The van der Waals surface area contributed by atoms with Crippen LogP contribution in [0.25, 0.3) is 55.6 Å². The number of aromatic amines is 1. The number of H-pyrrole nitrogens is 1. The molecule has 0 unspecified atom stereocenters. The highest BCUT2D eigenvalue weighted by Crippen LogP contribution is 2.35. The van der Waals surface area contributed by atoms with E-state index in [9.17, 15) is 0 Å². The van der Waals surface area contributed by atoms with Gasteiger partial charge in [-0.15, -0.1) is 0 Å². The predicted octanol–water partition coefficient (Wildman–Crippen LogP) is 5.90. The van der Waals surface area contributed by atoms with E-state index in [0.717, 1.165) is 55.6 Å². The molecule has 0 saturated heterocycles. The second kappa shape index (κ2) is 7.15. The second-order valence-electron chi connectivity index (χ2n) is 7.33. The van der Waals surface area contributed by atoms with E-state index in [0.29, 0.717) is 0 Å². The molecule has 6 rings (SSSR count). The molecule has 146 valence electrons. The fraction of sp³-hybridized carbons (Fsp3) is 0. The molecular formula is C26H17N5. The van der Waals surface area contributed by atoms with Crippen molar-refractivity contribution in [1.29, 1.82) is 0 Å². The Labute approximate surface area is 178 Å². The zero-order valence-electron chi connectivity index (χ0n) is 16.5. The minimum absolute atomic E-state index is 0.873. The maximum absolute atomic E-state index is 4.93. The van der Waals surface area contributed by atoms with Gasteiger partial charge >= 0.3 is 0 Å². The lowest BCUT2D eigenvalue weighted by atomic mass is 10.1. The van der Waals surface area contributed by atoms with Crippen molar-refractivity contribution in [3.63, 3.8) is 0 Å². The highest BCUT2D eigenvalue weighted by molar-refractivity contribution is 6.14. The molecule has 0 atom stereocenters. The van der Waals surface area contributed by atoms with Crippen LogP contribution in [0.4, 0.5) is 0 Å². The number of pyridine rings is 4. The van der Waals surface area contributed by atoms with E-state index in [4.69, 9.17) is 4.98 Å². The van der Waals surface area contributed by atoms with Crippen molar-refractivity contribution in [2.45, 2.75) is 0 Å². The van der Waals surface area contributed by atoms with Gasteiger partial charge in [-0.1, -0.05) is 42.5 Å². The van der Waals surface area contributed by atoms with Crippen LogP contribution in [0.2, 0.25) is 0 Å². The summed E-state index contributed by atoms with van der Waals surface area (Å²) in [5, 5.41) is 2.04. The van der Waals surface area contributed by atoms with E-state index in [2.05, 4.69) is 32.1 Å². The fourth-order valence-electron chi connectivity index (χ4n) is 3.99. The van der Waals surface area contributed by atoms with Crippen molar-refractivity contribution in [3.8, 4) is 33.8 Å². The van der Waals surface area contributed by atoms with Gasteiger partial charge in [-0.3, -0.25) is 15.0 Å². The first kappa shape index (κ1) is 17.5. The summed E-state index contributed by atoms with van der Waals surface area (Å²) in [4.78, 5) is 22.0. The first-order chi connectivity index (χ1) is 15.4. The number of nitrogens with one attached hydrogen (secondary N) is 1. The highest BCUT2D eigenvalue weighted by Gasteiger charge is 2.15. The number of aromatic nitrogens is 5. The lowest BCUT2D eigenvalue weighted by molar-refractivity contribution is 1.29. The Hall–Kier alpha value is -4.38. The molecule has 5 heteroatoms. The summed E-state index contributed by atoms with van der Waals surface area (Å²) in [6, 6.07) is 22.2. The topological polar surface area (TPSA) is 67.3 Å². The third-order valence-corrected chi connectivity index (χ3v) is 5.47. The monoisotopic (exact) mass is 399 g/mol. The van der Waals surface area contributed by atoms with Crippen molar-refractivity contribution in [2.75, 3.05) is 0 Å². The van der Waals surface area contributed by atoms with E-state index < -0.39 is 0 Å². The van der Waals surface area contributed by atoms with Crippen LogP contribution >= 0.6 is 0 Å². The van der Waals surface area contributed by atoms with Crippen molar-refractivity contribution in [3.05, 3.63) is 97.7 Å². The van der Waals surface area contributed by atoms with Gasteiger partial charge in [0.05, 0.1) is 28.1 Å². The molecule has 0 amide bonds. The van der Waals surface area contributed by atoms with Gasteiger partial charge < -0.3 is 4.98 Å². The molecule has 0 bridgehead atoms. The van der Waals surface area contributed by atoms with Gasteiger partial charge in [0.25, 0.3) is 0 Å². The number of fused-ring (bicyclic) bond motifs is 3. The van der Waals surface area contributed by atoms with Gasteiger partial charge in [-0.05, 0) is 24.3 Å². The molecule has 0 spiro atoms. The van der Waals surface area contributed by atoms with Gasteiger partial charge in [-0.2, -0.15) is 0 Å². The first-order valence-corrected chi connectivity index (χ1v) is 10.1. The smallest absolute Gasteiger partial charge is 0.0746 e. The van der Waals surface area contributed by atoms with Gasteiger partial charge in [0.15, 0.2) is 0 Å². The van der Waals surface area contributed by atoms with Crippen LogP contribution in [-0.2, 0) is 0 Å². The lowest BCUT2D eigenvalue weighted by Gasteiger charge is -2.06. The summed E-state index contributed by atoms with van der Waals surface area (Å²) >= 11 is 0. The second-order valence-corrected chi connectivity index (χ2v) is 7.33. The van der Waals surface area contributed by atoms with Crippen LogP contribution < -0.4 is 0 Å². The zero-order chi connectivity index (χ0) is 20.6. The van der Waals surface area contributed by atoms with Crippen LogP contribution in [0.15, 0.2) is 97.7 Å². The molecule has 0 aliphatic carbocycles. The van der Waals surface area contributed by atoms with Crippen LogP contribution in [-0.4, -0.2) is 24.9 Å². The van der Waals surface area contributed by atoms with Crippen molar-refractivity contribution < 1.29 is 0 Å². The van der Waals surface area contributed by atoms with Crippen LogP contribution in [0, 0.1) is 0 Å². The quantitative estimate of drug-likeness (QED) is 0.402. The van der Waals surface area contributed by atoms with Crippen LogP contribution in [0.3, 0.4) is 0 Å². The normalized spacial score (nSPS) is 11.2. The molecule has 31 heavy (non-hydrogen) atoms. The molecule has 1 aromatic carbocycles. The maximum atomic E-state index is 4.93. The Morgan fingerprint density at radius 3 is 1.90 bits per heavy atom. The third-order valence-electron chi connectivity index (χ3n) is 5.47. The Morgan fingerprint density at radius 2 is 1.19 bits per heavy atom. The average Bonchev–Trinajstić information content (AvgIpc) is 3.24. The molecule has 0 aliphatic heterocycles. The average molecular weight is 399 g/mol. The van der Waals surface area contributed by atoms with Crippen LogP contribution in [0.5, 0.6) is 0 Å². The number of hydrogen-bond acceptors (Lipinski definition) is 4. The molecular weight excluding hydrogens is 382 g/mol. The SMILES string of the molecule is c1ccc(-c2cccc(-c3cncc4c3[nH]c3c(-c5ccccn5)cncc34)n2)cc1. The Kier molecular flexibility index (Phi) is 4.03. The molecule has 0 fully saturated rings. The number of rotatable bonds is 3. The molecule has 0 saturated carbocycles. The number of benzene rings is 1. The molecule has 5 nitrogen and oxygen atoms in total. The van der Waals surface area contributed by atoms with Crippen molar-refractivity contribution in [1.82, 2.24) is 24.9 Å². The largest absolute Gasteiger partial charge is 0.353 e. The summed E-state index contributed by atoms with van der Waals surface area (Å²) in [6.45, 7) is 0. The van der Waals surface area contributed by atoms with Crippen molar-refractivity contribution >= 4 is 21.8 Å². The van der Waals surface area contributed by atoms with E-state index in [1.54, 1.807) is 6.20 Å². The Morgan fingerprint density at radius 1 is 0.548 bits per heavy atom. The van der Waals surface area contributed by atoms with E-state index in [1.807, 2.05) is 79.4 Å². The van der Waals surface area contributed by atoms with E-state index >= 15 is 0 Å². The summed E-state index contributed by atoms with van der Waals surface area (Å²) in [7, 11) is 0. The standard InChI is InChI=1S/C26H17N5/c1-2-7-17(8-3-1)22-10-6-11-24(30-22)21-16-28-14-19-18-13-27-15-20(25(18)31-26(19)21)23-9-4-5-12-29-23/h1-16,31H. The minimum atomic E-state index is 0.873. The van der Waals surface area contributed by atoms with Gasteiger partial charge in [0.1, 0.15) is 0 Å². The predicted molar refractivity (Wildman–Crippen MR) is 123 cm³/mol. The summed E-state index contributed by atoms with van der Waals surface area (Å²) < 4.78 is 0. The highest BCUT2D eigenvalue weighted by atomic mass is 14.8. The van der Waals surface area contributed by atoms with Crippen LogP contribution in [0.1, 0.15) is 0 Å². The summed E-state index contributed by atoms with van der Waals surface area (Å²) in [5.41, 5.74) is 7.68. The first-order valence-electron chi connectivity index (χ1n) is 10.1. The lowest BCUT2D eigenvalue weighted by Crippen LogP contribution is -1.89. The number of nitrogens with zero attached hydrogens (tertiary/aromatic N) is 4. The fourth-order valence-corrected chi connectivity index (χ4v) is 3.99. The van der Waals surface area contributed by atoms with Gasteiger partial charge in [-0.25, -0.2) is 4.98 Å². The molecule has 5 aromatic heterocycles. The van der Waals surface area contributed by atoms with E-state index in [-0.39, 0.29) is 0 Å². The molecule has 5 heterocycles. The minimum Gasteiger partial charge on any atom is -0.353 e. The maximum Gasteiger partial charge on any atom is 0.0746 e. The zero-order valence-corrected chi connectivity index (χ0v) is 16.5. The van der Waals surface area contributed by atoms with Gasteiger partial charge in [0, 0.05) is 58.4 Å². The van der Waals surface area contributed by atoms with Crippen molar-refractivity contribution in [2.24, 2.45) is 0 Å². The Balaban J connectivity index is 1.58. The summed E-state index contributed by atoms with van der Waals surface area (Å²) in [5.74, 6) is 0. The summed E-state index contributed by atoms with van der Waals surface area (Å²) in [6.07, 6.45) is 9.26. The van der Waals surface area contributed by atoms with E-state index in [1.165, 1.54) is 0 Å². The molecule has 0 aliphatic rings. The molecule has 0 radical (unpaired) electrons. The molecule has 6 aromatic rings. The molecule has 1 N–H and O–H groups in total. The Bertz CT molecular complexity index is 1520.